The maximum absolute atomic E-state index is 11.8. The van der Waals surface area contributed by atoms with Crippen LogP contribution in [0, 0.1) is 0 Å². The molecule has 0 bridgehead atoms. The fourth-order valence-corrected chi connectivity index (χ4v) is 3.48. The van der Waals surface area contributed by atoms with Gasteiger partial charge in [0.2, 0.25) is 6.41 Å². The first-order valence-electron chi connectivity index (χ1n) is 8.90. The van der Waals surface area contributed by atoms with Crippen molar-refractivity contribution in [3.05, 3.63) is 34.7 Å². The first-order chi connectivity index (χ1) is 13.8. The predicted octanol–water partition coefficient (Wildman–Crippen LogP) is 1.44. The molecule has 0 aliphatic rings. The van der Waals surface area contributed by atoms with Gasteiger partial charge in [-0.1, -0.05) is 11.6 Å². The van der Waals surface area contributed by atoms with Gasteiger partial charge in [-0.25, -0.2) is 23.9 Å². The number of amides is 1. The molecular weight excluding hydrogens is 398 g/mol. The Balaban J connectivity index is 2.16. The number of hydrogen-bond donors (Lipinski definition) is 3. The lowest BCUT2D eigenvalue weighted by Crippen LogP contribution is -2.40. The van der Waals surface area contributed by atoms with Crippen molar-refractivity contribution in [3.63, 3.8) is 0 Å². The zero-order chi connectivity index (χ0) is 21.3. The fraction of sp³-hybridized carbons (Fsp3) is 0.278. The number of anilines is 3. The van der Waals surface area contributed by atoms with Crippen molar-refractivity contribution < 1.29 is 19.3 Å². The van der Waals surface area contributed by atoms with Crippen molar-refractivity contribution in [3.8, 4) is 0 Å². The van der Waals surface area contributed by atoms with Crippen molar-refractivity contribution in [2.75, 3.05) is 16.4 Å². The first kappa shape index (κ1) is 20.3. The van der Waals surface area contributed by atoms with Crippen LogP contribution >= 0.6 is 11.6 Å². The van der Waals surface area contributed by atoms with E-state index in [2.05, 4.69) is 9.97 Å². The maximum atomic E-state index is 11.8. The number of fused-ring (bicyclic) bond motifs is 1. The summed E-state index contributed by atoms with van der Waals surface area (Å²) in [4.78, 5) is 32.5. The van der Waals surface area contributed by atoms with Gasteiger partial charge in [0.15, 0.2) is 33.6 Å². The van der Waals surface area contributed by atoms with Crippen LogP contribution in [0.25, 0.3) is 11.0 Å². The molecule has 152 valence electrons. The van der Waals surface area contributed by atoms with Crippen molar-refractivity contribution in [2.24, 2.45) is 0 Å². The third kappa shape index (κ3) is 3.54. The normalized spacial score (nSPS) is 11.0. The van der Waals surface area contributed by atoms with Crippen LogP contribution < -0.4 is 20.9 Å². The van der Waals surface area contributed by atoms with Crippen LogP contribution in [0.2, 0.25) is 5.15 Å². The number of benzene rings is 1. The van der Waals surface area contributed by atoms with E-state index in [-0.39, 0.29) is 34.7 Å². The molecule has 0 aliphatic carbocycles. The summed E-state index contributed by atoms with van der Waals surface area (Å²) in [5.41, 5.74) is 13.3. The Morgan fingerprint density at radius 3 is 2.62 bits per heavy atom. The van der Waals surface area contributed by atoms with Crippen LogP contribution in [0.15, 0.2) is 18.2 Å². The summed E-state index contributed by atoms with van der Waals surface area (Å²) in [7, 11) is 0. The summed E-state index contributed by atoms with van der Waals surface area (Å²) < 4.78 is 3.95. The van der Waals surface area contributed by atoms with E-state index in [4.69, 9.17) is 23.1 Å². The standard InChI is InChI=1S/C18H20ClN7O3/c1-3-25-11-6-5-10(18(28)29)7-12(11)26(4-2)13(25)8-24(9-27)17-16(21)23-15(20)14(19)22-17/h5-7,9H,3-4,8H2,1-2H3,(H4-,20,21,23,28,29)/p+1. The molecule has 3 rings (SSSR count). The molecule has 2 aromatic heterocycles. The number of hydrogen-bond acceptors (Lipinski definition) is 6. The molecule has 11 heteroatoms. The summed E-state index contributed by atoms with van der Waals surface area (Å²) in [6.45, 7) is 5.21. The van der Waals surface area contributed by atoms with E-state index in [0.29, 0.717) is 19.5 Å². The van der Waals surface area contributed by atoms with Crippen LogP contribution in [0.5, 0.6) is 0 Å². The molecule has 0 saturated carbocycles. The third-order valence-electron chi connectivity index (χ3n) is 4.66. The molecule has 10 nitrogen and oxygen atoms in total. The smallest absolute Gasteiger partial charge is 0.335 e. The highest BCUT2D eigenvalue weighted by Gasteiger charge is 2.28. The number of aromatic carboxylic acids is 1. The van der Waals surface area contributed by atoms with Crippen LogP contribution in [0.1, 0.15) is 30.0 Å². The Hall–Kier alpha value is -3.40. The summed E-state index contributed by atoms with van der Waals surface area (Å²) in [5, 5.41) is 9.28. The van der Waals surface area contributed by atoms with Crippen molar-refractivity contribution in [1.29, 1.82) is 0 Å². The minimum Gasteiger partial charge on any atom is -0.478 e. The number of aromatic nitrogens is 4. The van der Waals surface area contributed by atoms with Gasteiger partial charge < -0.3 is 16.6 Å². The zero-order valence-corrected chi connectivity index (χ0v) is 16.7. The third-order valence-corrected chi connectivity index (χ3v) is 4.93. The van der Waals surface area contributed by atoms with Crippen molar-refractivity contribution in [1.82, 2.24) is 14.5 Å². The first-order valence-corrected chi connectivity index (χ1v) is 9.28. The van der Waals surface area contributed by atoms with Crippen LogP contribution in [-0.4, -0.2) is 32.0 Å². The molecule has 0 saturated heterocycles. The number of nitrogens with zero attached hydrogens (tertiary/aromatic N) is 5. The second-order valence-electron chi connectivity index (χ2n) is 6.26. The van der Waals surface area contributed by atoms with E-state index in [1.165, 1.54) is 4.90 Å². The van der Waals surface area contributed by atoms with Crippen LogP contribution in [-0.2, 0) is 24.4 Å². The van der Waals surface area contributed by atoms with Gasteiger partial charge in [-0.05, 0) is 26.0 Å². The number of halogens is 1. The predicted molar refractivity (Wildman–Crippen MR) is 109 cm³/mol. The molecule has 1 amide bonds. The number of imidazole rings is 1. The van der Waals surface area contributed by atoms with E-state index in [1.54, 1.807) is 18.2 Å². The molecule has 29 heavy (non-hydrogen) atoms. The Labute approximate surface area is 171 Å². The monoisotopic (exact) mass is 418 g/mol. The van der Waals surface area contributed by atoms with E-state index < -0.39 is 5.97 Å². The van der Waals surface area contributed by atoms with Crippen LogP contribution in [0.3, 0.4) is 0 Å². The van der Waals surface area contributed by atoms with E-state index in [1.807, 2.05) is 23.0 Å². The number of carboxylic acid groups (broad SMARTS) is 1. The summed E-state index contributed by atoms with van der Waals surface area (Å²) in [6.07, 6.45) is 0.591. The van der Waals surface area contributed by atoms with Gasteiger partial charge in [0.25, 0.3) is 5.82 Å². The molecule has 3 aromatic rings. The molecule has 0 radical (unpaired) electrons. The van der Waals surface area contributed by atoms with Crippen molar-refractivity contribution >= 4 is 52.5 Å². The fourth-order valence-electron chi connectivity index (χ4n) is 3.36. The average Bonchev–Trinajstić information content (AvgIpc) is 3.00. The Morgan fingerprint density at radius 2 is 2.03 bits per heavy atom. The number of carbonyl (C=O) groups is 2. The molecule has 0 aliphatic heterocycles. The Morgan fingerprint density at radius 1 is 1.31 bits per heavy atom. The second-order valence-corrected chi connectivity index (χ2v) is 6.61. The largest absolute Gasteiger partial charge is 0.478 e. The molecule has 5 N–H and O–H groups in total. The summed E-state index contributed by atoms with van der Waals surface area (Å²) in [6, 6.07) is 4.94. The van der Waals surface area contributed by atoms with Gasteiger partial charge >= 0.3 is 5.97 Å². The van der Waals surface area contributed by atoms with E-state index >= 15 is 0 Å². The highest BCUT2D eigenvalue weighted by molar-refractivity contribution is 6.31. The molecule has 0 spiro atoms. The van der Waals surface area contributed by atoms with E-state index in [9.17, 15) is 14.7 Å². The molecule has 2 heterocycles. The SMILES string of the molecule is CCn1c(CN(C=O)c2nc(Cl)c(N)nc2N)[n+](CC)c2ccc(C(=O)O)cc21. The summed E-state index contributed by atoms with van der Waals surface area (Å²) >= 11 is 5.96. The molecule has 0 fully saturated rings. The quantitative estimate of drug-likeness (QED) is 0.388. The minimum atomic E-state index is -1.01. The van der Waals surface area contributed by atoms with E-state index in [0.717, 1.165) is 16.9 Å². The lowest BCUT2D eigenvalue weighted by molar-refractivity contribution is -0.676. The lowest BCUT2D eigenvalue weighted by Gasteiger charge is -2.17. The zero-order valence-electron chi connectivity index (χ0n) is 16.0. The highest BCUT2D eigenvalue weighted by Crippen LogP contribution is 2.26. The van der Waals surface area contributed by atoms with Gasteiger partial charge in [-0.15, -0.1) is 0 Å². The van der Waals surface area contributed by atoms with Gasteiger partial charge in [-0.3, -0.25) is 9.69 Å². The molecule has 0 unspecified atom stereocenters. The Kier molecular flexibility index (Phi) is 5.55. The van der Waals surface area contributed by atoms with Gasteiger partial charge in [0.1, 0.15) is 6.54 Å². The number of carboxylic acids is 1. The maximum Gasteiger partial charge on any atom is 0.335 e. The Bertz CT molecular complexity index is 1110. The van der Waals surface area contributed by atoms with Gasteiger partial charge in [0.05, 0.1) is 18.7 Å². The number of rotatable bonds is 7. The highest BCUT2D eigenvalue weighted by atomic mass is 35.5. The number of nitrogens with two attached hydrogens (primary N) is 2. The molecule has 1 aromatic carbocycles. The topological polar surface area (TPSA) is 144 Å². The van der Waals surface area contributed by atoms with Crippen LogP contribution in [0.4, 0.5) is 17.5 Å². The molecule has 0 atom stereocenters. The van der Waals surface area contributed by atoms with Gasteiger partial charge in [-0.2, -0.15) is 0 Å². The number of carbonyl (C=O) groups excluding carboxylic acids is 1. The minimum absolute atomic E-state index is 0.0191. The van der Waals surface area contributed by atoms with Gasteiger partial charge in [0, 0.05) is 6.07 Å². The summed E-state index contributed by atoms with van der Waals surface area (Å²) in [5.74, 6) is -0.176. The average molecular weight is 419 g/mol. The second kappa shape index (κ2) is 7.92. The van der Waals surface area contributed by atoms with Crippen molar-refractivity contribution in [2.45, 2.75) is 33.5 Å². The lowest BCUT2D eigenvalue weighted by atomic mass is 10.2. The number of aryl methyl sites for hydroxylation is 2. The number of nitrogen functional groups attached to an aromatic ring is 2. The molecular formula is C18H21ClN7O3+.